The molecule has 0 saturated heterocycles. The summed E-state index contributed by atoms with van der Waals surface area (Å²) in [7, 11) is 0. The van der Waals surface area contributed by atoms with Crippen LogP contribution < -0.4 is 0 Å². The highest BCUT2D eigenvalue weighted by Gasteiger charge is 2.13. The number of nitrogens with zero attached hydrogens (tertiary/aromatic N) is 1. The Balaban J connectivity index is 2.28. The van der Waals surface area contributed by atoms with Crippen LogP contribution in [0.2, 0.25) is 5.02 Å². The first-order valence-electron chi connectivity index (χ1n) is 6.85. The molecule has 0 radical (unpaired) electrons. The van der Waals surface area contributed by atoms with Gasteiger partial charge in [-0.05, 0) is 60.4 Å². The topological polar surface area (TPSA) is 39.6 Å². The van der Waals surface area contributed by atoms with Gasteiger partial charge in [0.25, 0.3) is 0 Å². The summed E-state index contributed by atoms with van der Waals surface area (Å²) in [4.78, 5) is 3.43. The fourth-order valence-corrected chi connectivity index (χ4v) is 2.80. The fourth-order valence-electron chi connectivity index (χ4n) is 2.63. The van der Waals surface area contributed by atoms with Crippen LogP contribution in [0.4, 0.5) is 0 Å². The zero-order chi connectivity index (χ0) is 15.0. The van der Waals surface area contributed by atoms with Crippen molar-refractivity contribution in [2.45, 2.75) is 20.3 Å². The molecule has 1 aromatic heterocycles. The third kappa shape index (κ3) is 2.41. The van der Waals surface area contributed by atoms with Crippen LogP contribution in [0.5, 0.6) is 0 Å². The molecule has 0 fully saturated rings. The largest absolute Gasteiger partial charge is 0.354 e. The molecule has 104 valence electrons. The summed E-state index contributed by atoms with van der Waals surface area (Å²) in [5, 5.41) is 10.9. The summed E-state index contributed by atoms with van der Waals surface area (Å²) in [6, 6.07) is 14.4. The van der Waals surface area contributed by atoms with Gasteiger partial charge in [-0.2, -0.15) is 5.26 Å². The van der Waals surface area contributed by atoms with Crippen LogP contribution in [0.1, 0.15) is 16.7 Å². The van der Waals surface area contributed by atoms with Crippen molar-refractivity contribution in [2.75, 3.05) is 0 Å². The summed E-state index contributed by atoms with van der Waals surface area (Å²) < 4.78 is 0. The second-order valence-corrected chi connectivity index (χ2v) is 5.74. The van der Waals surface area contributed by atoms with Crippen LogP contribution in [0, 0.1) is 25.2 Å². The van der Waals surface area contributed by atoms with Crippen molar-refractivity contribution in [1.82, 2.24) is 4.98 Å². The zero-order valence-electron chi connectivity index (χ0n) is 12.0. The van der Waals surface area contributed by atoms with Crippen LogP contribution in [-0.2, 0) is 6.42 Å². The van der Waals surface area contributed by atoms with Gasteiger partial charge in [0, 0.05) is 15.9 Å². The van der Waals surface area contributed by atoms with Gasteiger partial charge < -0.3 is 4.98 Å². The summed E-state index contributed by atoms with van der Waals surface area (Å²) >= 11 is 6.10. The standard InChI is InChI=1S/C18H15ClN2/c1-11-3-4-13(9-12(11)2)18-15(7-8-20)16-10-14(19)5-6-17(16)21-18/h3-6,9-10,21H,7H2,1-2H3. The van der Waals surface area contributed by atoms with Crippen molar-refractivity contribution in [2.24, 2.45) is 0 Å². The number of hydrogen-bond donors (Lipinski definition) is 1. The summed E-state index contributed by atoms with van der Waals surface area (Å²) in [6.45, 7) is 4.20. The van der Waals surface area contributed by atoms with E-state index in [9.17, 15) is 0 Å². The number of aromatic nitrogens is 1. The number of halogens is 1. The van der Waals surface area contributed by atoms with E-state index in [2.05, 4.69) is 43.1 Å². The first-order chi connectivity index (χ1) is 10.1. The lowest BCUT2D eigenvalue weighted by atomic mass is 10.00. The second-order valence-electron chi connectivity index (χ2n) is 5.30. The zero-order valence-corrected chi connectivity index (χ0v) is 12.8. The normalized spacial score (nSPS) is 10.8. The lowest BCUT2D eigenvalue weighted by molar-refractivity contribution is 1.27. The molecule has 0 bridgehead atoms. The number of aromatic amines is 1. The van der Waals surface area contributed by atoms with E-state index in [1.54, 1.807) is 0 Å². The molecular formula is C18H15ClN2. The van der Waals surface area contributed by atoms with Gasteiger partial charge in [0.05, 0.1) is 18.2 Å². The highest BCUT2D eigenvalue weighted by atomic mass is 35.5. The van der Waals surface area contributed by atoms with Gasteiger partial charge in [-0.3, -0.25) is 0 Å². The van der Waals surface area contributed by atoms with Gasteiger partial charge in [0.1, 0.15) is 0 Å². The van der Waals surface area contributed by atoms with Gasteiger partial charge in [0.2, 0.25) is 0 Å². The minimum atomic E-state index is 0.364. The first kappa shape index (κ1) is 13.7. The van der Waals surface area contributed by atoms with E-state index in [4.69, 9.17) is 16.9 Å². The Hall–Kier alpha value is -2.24. The molecule has 2 aromatic carbocycles. The quantitative estimate of drug-likeness (QED) is 0.695. The van der Waals surface area contributed by atoms with Gasteiger partial charge in [-0.15, -0.1) is 0 Å². The maximum atomic E-state index is 9.14. The van der Waals surface area contributed by atoms with Gasteiger partial charge in [-0.1, -0.05) is 23.7 Å². The number of fused-ring (bicyclic) bond motifs is 1. The molecule has 1 N–H and O–H groups in total. The molecule has 0 unspecified atom stereocenters. The van der Waals surface area contributed by atoms with Crippen LogP contribution in [0.25, 0.3) is 22.2 Å². The SMILES string of the molecule is Cc1ccc(-c2[nH]c3ccc(Cl)cc3c2CC#N)cc1C. The number of nitrogens with one attached hydrogen (secondary N) is 1. The monoisotopic (exact) mass is 294 g/mol. The predicted molar refractivity (Wildman–Crippen MR) is 87.5 cm³/mol. The van der Waals surface area contributed by atoms with E-state index in [1.165, 1.54) is 11.1 Å². The van der Waals surface area contributed by atoms with Crippen molar-refractivity contribution in [3.05, 3.63) is 58.1 Å². The highest BCUT2D eigenvalue weighted by Crippen LogP contribution is 2.33. The van der Waals surface area contributed by atoms with Crippen LogP contribution in [0.15, 0.2) is 36.4 Å². The molecule has 0 aliphatic rings. The summed E-state index contributed by atoms with van der Waals surface area (Å²) in [5.74, 6) is 0. The number of hydrogen-bond acceptors (Lipinski definition) is 1. The van der Waals surface area contributed by atoms with E-state index in [-0.39, 0.29) is 0 Å². The average Bonchev–Trinajstić information content (AvgIpc) is 2.81. The van der Waals surface area contributed by atoms with Crippen molar-refractivity contribution in [3.8, 4) is 17.3 Å². The molecule has 3 heteroatoms. The fraction of sp³-hybridized carbons (Fsp3) is 0.167. The molecule has 0 aliphatic heterocycles. The summed E-state index contributed by atoms with van der Waals surface area (Å²) in [5.41, 5.74) is 6.65. The number of benzene rings is 2. The van der Waals surface area contributed by atoms with Crippen molar-refractivity contribution >= 4 is 22.5 Å². The van der Waals surface area contributed by atoms with Crippen molar-refractivity contribution < 1.29 is 0 Å². The van der Waals surface area contributed by atoms with E-state index in [0.29, 0.717) is 11.4 Å². The lowest BCUT2D eigenvalue weighted by Gasteiger charge is -2.05. The second kappa shape index (κ2) is 5.27. The van der Waals surface area contributed by atoms with Crippen molar-refractivity contribution in [3.63, 3.8) is 0 Å². The molecule has 0 atom stereocenters. The molecule has 21 heavy (non-hydrogen) atoms. The lowest BCUT2D eigenvalue weighted by Crippen LogP contribution is -1.88. The Morgan fingerprint density at radius 3 is 2.62 bits per heavy atom. The Bertz CT molecular complexity index is 869. The molecule has 0 aliphatic carbocycles. The number of nitriles is 1. The maximum Gasteiger partial charge on any atom is 0.0670 e. The van der Waals surface area contributed by atoms with Crippen LogP contribution >= 0.6 is 11.6 Å². The molecule has 3 rings (SSSR count). The van der Waals surface area contributed by atoms with Crippen molar-refractivity contribution in [1.29, 1.82) is 5.26 Å². The number of aryl methyl sites for hydroxylation is 2. The third-order valence-electron chi connectivity index (χ3n) is 3.92. The van der Waals surface area contributed by atoms with Gasteiger partial charge in [-0.25, -0.2) is 0 Å². The minimum absolute atomic E-state index is 0.364. The number of rotatable bonds is 2. The molecule has 0 spiro atoms. The third-order valence-corrected chi connectivity index (χ3v) is 4.15. The predicted octanol–water partition coefficient (Wildman–Crippen LogP) is 5.17. The molecular weight excluding hydrogens is 280 g/mol. The average molecular weight is 295 g/mol. The molecule has 1 heterocycles. The van der Waals surface area contributed by atoms with E-state index >= 15 is 0 Å². The Morgan fingerprint density at radius 1 is 1.10 bits per heavy atom. The van der Waals surface area contributed by atoms with Gasteiger partial charge >= 0.3 is 0 Å². The maximum absolute atomic E-state index is 9.14. The van der Waals surface area contributed by atoms with E-state index in [1.807, 2.05) is 18.2 Å². The molecule has 3 aromatic rings. The van der Waals surface area contributed by atoms with Crippen LogP contribution in [-0.4, -0.2) is 4.98 Å². The molecule has 0 amide bonds. The molecule has 2 nitrogen and oxygen atoms in total. The van der Waals surface area contributed by atoms with Gasteiger partial charge in [0.15, 0.2) is 0 Å². The minimum Gasteiger partial charge on any atom is -0.354 e. The highest BCUT2D eigenvalue weighted by molar-refractivity contribution is 6.31. The Labute approximate surface area is 129 Å². The molecule has 0 saturated carbocycles. The first-order valence-corrected chi connectivity index (χ1v) is 7.22. The van der Waals surface area contributed by atoms with E-state index in [0.717, 1.165) is 27.7 Å². The smallest absolute Gasteiger partial charge is 0.0670 e. The summed E-state index contributed by atoms with van der Waals surface area (Å²) in [6.07, 6.45) is 0.364. The Kier molecular flexibility index (Phi) is 3.45. The van der Waals surface area contributed by atoms with E-state index < -0.39 is 0 Å². The van der Waals surface area contributed by atoms with Crippen LogP contribution in [0.3, 0.4) is 0 Å². The Morgan fingerprint density at radius 2 is 1.90 bits per heavy atom. The number of H-pyrrole nitrogens is 1.